The topological polar surface area (TPSA) is 21.3 Å². The van der Waals surface area contributed by atoms with Crippen molar-refractivity contribution in [3.05, 3.63) is 27.7 Å². The fourth-order valence-corrected chi connectivity index (χ4v) is 2.38. The first kappa shape index (κ1) is 16.5. The van der Waals surface area contributed by atoms with E-state index in [2.05, 4.69) is 68.0 Å². The van der Waals surface area contributed by atoms with Crippen molar-refractivity contribution < 1.29 is 4.74 Å². The van der Waals surface area contributed by atoms with Crippen molar-refractivity contribution >= 4 is 15.9 Å². The molecule has 3 heteroatoms. The number of rotatable bonds is 7. The van der Waals surface area contributed by atoms with E-state index in [0.717, 1.165) is 12.3 Å². The monoisotopic (exact) mass is 327 g/mol. The van der Waals surface area contributed by atoms with Crippen LogP contribution in [0.2, 0.25) is 0 Å². The predicted molar refractivity (Wildman–Crippen MR) is 86.1 cm³/mol. The van der Waals surface area contributed by atoms with Crippen molar-refractivity contribution in [2.75, 3.05) is 6.54 Å². The average Bonchev–Trinajstić information content (AvgIpc) is 2.34. The van der Waals surface area contributed by atoms with E-state index in [0.29, 0.717) is 6.04 Å². The molecule has 2 atom stereocenters. The Labute approximate surface area is 126 Å². The number of halogens is 1. The minimum Gasteiger partial charge on any atom is -0.489 e. The lowest BCUT2D eigenvalue weighted by atomic mass is 10.1. The van der Waals surface area contributed by atoms with Gasteiger partial charge < -0.3 is 10.1 Å². The third-order valence-electron chi connectivity index (χ3n) is 3.22. The Morgan fingerprint density at radius 1 is 1.21 bits per heavy atom. The molecule has 0 aliphatic carbocycles. The van der Waals surface area contributed by atoms with Crippen LogP contribution in [0.25, 0.3) is 0 Å². The summed E-state index contributed by atoms with van der Waals surface area (Å²) in [4.78, 5) is 0. The van der Waals surface area contributed by atoms with E-state index >= 15 is 0 Å². The highest BCUT2D eigenvalue weighted by Gasteiger charge is 2.08. The van der Waals surface area contributed by atoms with Gasteiger partial charge in [0.25, 0.3) is 0 Å². The normalized spacial score (nSPS) is 14.2. The summed E-state index contributed by atoms with van der Waals surface area (Å²) in [5, 5.41) is 3.51. The number of hydrogen-bond donors (Lipinski definition) is 1. The van der Waals surface area contributed by atoms with Gasteiger partial charge in [0.05, 0.1) is 0 Å². The summed E-state index contributed by atoms with van der Waals surface area (Å²) in [6.45, 7) is 11.6. The number of benzene rings is 1. The van der Waals surface area contributed by atoms with Crippen LogP contribution in [0.3, 0.4) is 0 Å². The Balaban J connectivity index is 2.50. The molecule has 1 aromatic rings. The third kappa shape index (κ3) is 5.53. The Kier molecular flexibility index (Phi) is 6.87. The highest BCUT2D eigenvalue weighted by atomic mass is 79.9. The van der Waals surface area contributed by atoms with E-state index in [1.165, 1.54) is 28.4 Å². The van der Waals surface area contributed by atoms with Crippen LogP contribution in [-0.4, -0.2) is 18.7 Å². The van der Waals surface area contributed by atoms with Crippen molar-refractivity contribution in [2.24, 2.45) is 0 Å². The van der Waals surface area contributed by atoms with E-state index in [9.17, 15) is 0 Å². The molecule has 2 unspecified atom stereocenters. The van der Waals surface area contributed by atoms with Crippen LogP contribution < -0.4 is 10.1 Å². The van der Waals surface area contributed by atoms with Crippen LogP contribution in [0.4, 0.5) is 0 Å². The number of nitrogens with one attached hydrogen (secondary N) is 1. The minimum absolute atomic E-state index is 0.180. The van der Waals surface area contributed by atoms with Crippen molar-refractivity contribution in [1.29, 1.82) is 0 Å². The summed E-state index contributed by atoms with van der Waals surface area (Å²) >= 11 is 3.58. The Bertz CT molecular complexity index is 383. The van der Waals surface area contributed by atoms with Crippen molar-refractivity contribution in [3.8, 4) is 5.75 Å². The minimum atomic E-state index is 0.180. The Hall–Kier alpha value is -0.540. The zero-order valence-corrected chi connectivity index (χ0v) is 14.3. The van der Waals surface area contributed by atoms with E-state index in [4.69, 9.17) is 4.74 Å². The number of hydrogen-bond acceptors (Lipinski definition) is 2. The van der Waals surface area contributed by atoms with Crippen LogP contribution in [0.5, 0.6) is 5.75 Å². The molecule has 0 spiro atoms. The number of ether oxygens (including phenoxy) is 1. The van der Waals surface area contributed by atoms with Gasteiger partial charge in [-0.3, -0.25) is 0 Å². The zero-order valence-electron chi connectivity index (χ0n) is 12.7. The van der Waals surface area contributed by atoms with Gasteiger partial charge in [0.15, 0.2) is 0 Å². The quantitative estimate of drug-likeness (QED) is 0.789. The van der Waals surface area contributed by atoms with Gasteiger partial charge in [-0.05, 0) is 57.4 Å². The summed E-state index contributed by atoms with van der Waals surface area (Å²) in [7, 11) is 0. The molecule has 0 aliphatic heterocycles. The Morgan fingerprint density at radius 2 is 1.79 bits per heavy atom. The lowest BCUT2D eigenvalue weighted by Gasteiger charge is -2.19. The molecule has 2 nitrogen and oxygen atoms in total. The first-order valence-electron chi connectivity index (χ1n) is 7.10. The van der Waals surface area contributed by atoms with Crippen LogP contribution in [0.15, 0.2) is 16.6 Å². The molecule has 0 aromatic heterocycles. The smallest absolute Gasteiger partial charge is 0.120 e. The lowest BCUT2D eigenvalue weighted by molar-refractivity contribution is 0.211. The maximum Gasteiger partial charge on any atom is 0.120 e. The predicted octanol–water partition coefficient (Wildman–Crippen LogP) is 4.61. The molecular formula is C16H26BrNO. The molecular weight excluding hydrogens is 302 g/mol. The molecule has 1 N–H and O–H groups in total. The molecule has 0 aliphatic rings. The molecule has 0 radical (unpaired) electrons. The second-order valence-corrected chi connectivity index (χ2v) is 6.19. The Morgan fingerprint density at radius 3 is 2.32 bits per heavy atom. The maximum absolute atomic E-state index is 5.98. The van der Waals surface area contributed by atoms with E-state index in [1.807, 2.05) is 0 Å². The maximum atomic E-state index is 5.98. The van der Waals surface area contributed by atoms with Crippen LogP contribution in [-0.2, 0) is 0 Å². The summed E-state index contributed by atoms with van der Waals surface area (Å²) in [6, 6.07) is 4.73. The largest absolute Gasteiger partial charge is 0.489 e. The summed E-state index contributed by atoms with van der Waals surface area (Å²) < 4.78 is 7.14. The van der Waals surface area contributed by atoms with Crippen molar-refractivity contribution in [3.63, 3.8) is 0 Å². The molecule has 0 heterocycles. The summed E-state index contributed by atoms with van der Waals surface area (Å²) in [6.07, 6.45) is 2.61. The fourth-order valence-electron chi connectivity index (χ4n) is 2.15. The van der Waals surface area contributed by atoms with Gasteiger partial charge in [-0.1, -0.05) is 29.3 Å². The van der Waals surface area contributed by atoms with Gasteiger partial charge in [-0.15, -0.1) is 0 Å². The summed E-state index contributed by atoms with van der Waals surface area (Å²) in [5.74, 6) is 0.954. The molecule has 0 saturated heterocycles. The van der Waals surface area contributed by atoms with Crippen molar-refractivity contribution in [2.45, 2.75) is 59.6 Å². The van der Waals surface area contributed by atoms with Gasteiger partial charge in [-0.25, -0.2) is 0 Å². The molecule has 0 amide bonds. The second kappa shape index (κ2) is 7.91. The highest BCUT2D eigenvalue weighted by molar-refractivity contribution is 9.10. The standard InChI is InChI=1S/C16H26BrNO/c1-6-7-13(4)18-10-14(5)19-15-8-11(2)16(17)12(3)9-15/h8-9,13-14,18H,6-7,10H2,1-5H3. The van der Waals surface area contributed by atoms with Gasteiger partial charge in [0.1, 0.15) is 11.9 Å². The zero-order chi connectivity index (χ0) is 14.4. The van der Waals surface area contributed by atoms with Gasteiger partial charge in [-0.2, -0.15) is 0 Å². The van der Waals surface area contributed by atoms with Gasteiger partial charge in [0.2, 0.25) is 0 Å². The van der Waals surface area contributed by atoms with Crippen molar-refractivity contribution in [1.82, 2.24) is 5.32 Å². The van der Waals surface area contributed by atoms with Crippen LogP contribution >= 0.6 is 15.9 Å². The molecule has 0 saturated carbocycles. The third-order valence-corrected chi connectivity index (χ3v) is 4.47. The molecule has 1 aromatic carbocycles. The summed E-state index contributed by atoms with van der Waals surface area (Å²) in [5.41, 5.74) is 2.43. The highest BCUT2D eigenvalue weighted by Crippen LogP contribution is 2.26. The van der Waals surface area contributed by atoms with E-state index in [-0.39, 0.29) is 6.10 Å². The molecule has 0 bridgehead atoms. The first-order chi connectivity index (χ1) is 8.93. The second-order valence-electron chi connectivity index (χ2n) is 5.40. The van der Waals surface area contributed by atoms with Crippen LogP contribution in [0, 0.1) is 13.8 Å². The van der Waals surface area contributed by atoms with E-state index in [1.54, 1.807) is 0 Å². The molecule has 0 fully saturated rings. The molecule has 108 valence electrons. The lowest BCUT2D eigenvalue weighted by Crippen LogP contribution is -2.35. The van der Waals surface area contributed by atoms with Crippen LogP contribution in [0.1, 0.15) is 44.7 Å². The van der Waals surface area contributed by atoms with Gasteiger partial charge in [0, 0.05) is 17.1 Å². The molecule has 19 heavy (non-hydrogen) atoms. The number of aryl methyl sites for hydroxylation is 2. The first-order valence-corrected chi connectivity index (χ1v) is 7.90. The average molecular weight is 328 g/mol. The SMILES string of the molecule is CCCC(C)NCC(C)Oc1cc(C)c(Br)c(C)c1. The van der Waals surface area contributed by atoms with E-state index < -0.39 is 0 Å². The van der Waals surface area contributed by atoms with Gasteiger partial charge >= 0.3 is 0 Å². The fraction of sp³-hybridized carbons (Fsp3) is 0.625. The molecule has 1 rings (SSSR count).